The second-order valence-electron chi connectivity index (χ2n) is 7.40. The number of aliphatic imine (C=N–C) groups is 1. The molecule has 0 aliphatic carbocycles. The maximum atomic E-state index is 6.12. The van der Waals surface area contributed by atoms with Gasteiger partial charge in [-0.2, -0.15) is 0 Å². The summed E-state index contributed by atoms with van der Waals surface area (Å²) in [5, 5.41) is 6.91. The third-order valence-electron chi connectivity index (χ3n) is 5.15. The number of hydrogen-bond acceptors (Lipinski definition) is 2. The van der Waals surface area contributed by atoms with E-state index in [1.54, 1.807) is 0 Å². The van der Waals surface area contributed by atoms with Crippen LogP contribution < -0.4 is 10.6 Å². The molecule has 1 saturated heterocycles. The number of benzene rings is 2. The Balaban J connectivity index is 0.00000280. The van der Waals surface area contributed by atoms with Gasteiger partial charge in [-0.3, -0.25) is 4.99 Å². The molecular weight excluding hydrogens is 461 g/mol. The first-order valence-corrected chi connectivity index (χ1v) is 9.84. The summed E-state index contributed by atoms with van der Waals surface area (Å²) in [5.74, 6) is 1.28. The summed E-state index contributed by atoms with van der Waals surface area (Å²) in [6.07, 6.45) is 2.44. The number of ether oxygens (including phenoxy) is 1. The van der Waals surface area contributed by atoms with Gasteiger partial charge in [-0.05, 0) is 37.8 Å². The monoisotopic (exact) mass is 493 g/mol. The molecule has 0 bridgehead atoms. The van der Waals surface area contributed by atoms with Crippen LogP contribution in [0.3, 0.4) is 0 Å². The highest BCUT2D eigenvalue weighted by molar-refractivity contribution is 14.0. The third-order valence-corrected chi connectivity index (χ3v) is 5.15. The SMILES string of the molecule is CN=C(NCc1cccc(C)c1)NCC1CCCOC1c1ccc(C)cc1.I. The van der Waals surface area contributed by atoms with Crippen molar-refractivity contribution in [3.8, 4) is 0 Å². The van der Waals surface area contributed by atoms with Gasteiger partial charge < -0.3 is 15.4 Å². The van der Waals surface area contributed by atoms with E-state index < -0.39 is 0 Å². The van der Waals surface area contributed by atoms with E-state index in [4.69, 9.17) is 4.74 Å². The van der Waals surface area contributed by atoms with Crippen molar-refractivity contribution in [1.82, 2.24) is 10.6 Å². The Morgan fingerprint density at radius 1 is 1.07 bits per heavy atom. The predicted molar refractivity (Wildman–Crippen MR) is 127 cm³/mol. The van der Waals surface area contributed by atoms with Crippen molar-refractivity contribution in [2.45, 2.75) is 39.3 Å². The van der Waals surface area contributed by atoms with Gasteiger partial charge in [0.25, 0.3) is 0 Å². The molecule has 1 aliphatic heterocycles. The molecule has 0 aromatic heterocycles. The Morgan fingerprint density at radius 3 is 2.57 bits per heavy atom. The molecule has 1 heterocycles. The molecule has 2 aromatic rings. The molecular formula is C23H32IN3O. The molecule has 0 saturated carbocycles. The van der Waals surface area contributed by atoms with Crippen LogP contribution in [0.5, 0.6) is 0 Å². The molecule has 28 heavy (non-hydrogen) atoms. The molecule has 152 valence electrons. The molecule has 2 unspecified atom stereocenters. The van der Waals surface area contributed by atoms with E-state index in [0.29, 0.717) is 5.92 Å². The van der Waals surface area contributed by atoms with Crippen LogP contribution in [0.4, 0.5) is 0 Å². The van der Waals surface area contributed by atoms with Gasteiger partial charge in [0.1, 0.15) is 0 Å². The fourth-order valence-corrected chi connectivity index (χ4v) is 3.63. The number of rotatable bonds is 5. The van der Waals surface area contributed by atoms with Crippen LogP contribution in [-0.4, -0.2) is 26.2 Å². The Bertz CT molecular complexity index is 761. The Hall–Kier alpha value is -1.60. The average molecular weight is 493 g/mol. The summed E-state index contributed by atoms with van der Waals surface area (Å²) >= 11 is 0. The Labute approximate surface area is 186 Å². The van der Waals surface area contributed by atoms with Crippen molar-refractivity contribution in [2.24, 2.45) is 10.9 Å². The minimum Gasteiger partial charge on any atom is -0.373 e. The molecule has 0 amide bonds. The van der Waals surface area contributed by atoms with Gasteiger partial charge in [0.2, 0.25) is 0 Å². The van der Waals surface area contributed by atoms with Gasteiger partial charge in [-0.25, -0.2) is 0 Å². The Kier molecular flexibility index (Phi) is 9.25. The van der Waals surface area contributed by atoms with Crippen molar-refractivity contribution in [1.29, 1.82) is 0 Å². The van der Waals surface area contributed by atoms with E-state index in [1.807, 2.05) is 7.05 Å². The number of aryl methyl sites for hydroxylation is 2. The van der Waals surface area contributed by atoms with Crippen LogP contribution in [-0.2, 0) is 11.3 Å². The summed E-state index contributed by atoms with van der Waals surface area (Å²) < 4.78 is 6.12. The molecule has 1 fully saturated rings. The summed E-state index contributed by atoms with van der Waals surface area (Å²) in [4.78, 5) is 4.37. The summed E-state index contributed by atoms with van der Waals surface area (Å²) in [6, 6.07) is 17.3. The first-order valence-electron chi connectivity index (χ1n) is 9.84. The normalized spacial score (nSPS) is 19.6. The average Bonchev–Trinajstić information content (AvgIpc) is 2.69. The topological polar surface area (TPSA) is 45.7 Å². The first-order chi connectivity index (χ1) is 13.2. The lowest BCUT2D eigenvalue weighted by Gasteiger charge is -2.32. The molecule has 2 aromatic carbocycles. The lowest BCUT2D eigenvalue weighted by Crippen LogP contribution is -2.41. The number of guanidine groups is 1. The van der Waals surface area contributed by atoms with E-state index in [0.717, 1.165) is 32.1 Å². The predicted octanol–water partition coefficient (Wildman–Crippen LogP) is 4.75. The second-order valence-corrected chi connectivity index (χ2v) is 7.40. The standard InChI is InChI=1S/C23H31N3O.HI/c1-17-9-11-20(12-10-17)22-21(8-5-13-27-22)16-26-23(24-3)25-15-19-7-4-6-18(2)14-19;/h4,6-7,9-12,14,21-22H,5,8,13,15-16H2,1-3H3,(H2,24,25,26);1H. The van der Waals surface area contributed by atoms with Gasteiger partial charge in [0.15, 0.2) is 5.96 Å². The van der Waals surface area contributed by atoms with Crippen LogP contribution >= 0.6 is 24.0 Å². The number of hydrogen-bond donors (Lipinski definition) is 2. The number of nitrogens with zero attached hydrogens (tertiary/aromatic N) is 1. The lowest BCUT2D eigenvalue weighted by molar-refractivity contribution is -0.0265. The molecule has 3 rings (SSSR count). The Morgan fingerprint density at radius 2 is 1.86 bits per heavy atom. The van der Waals surface area contributed by atoms with Gasteiger partial charge in [0, 0.05) is 32.7 Å². The highest BCUT2D eigenvalue weighted by atomic mass is 127. The minimum absolute atomic E-state index is 0. The van der Waals surface area contributed by atoms with Crippen molar-refractivity contribution < 1.29 is 4.74 Å². The highest BCUT2D eigenvalue weighted by Gasteiger charge is 2.27. The van der Waals surface area contributed by atoms with Crippen LogP contribution in [0, 0.1) is 19.8 Å². The maximum absolute atomic E-state index is 6.12. The zero-order chi connectivity index (χ0) is 19.1. The molecule has 0 radical (unpaired) electrons. The first kappa shape index (κ1) is 22.7. The summed E-state index contributed by atoms with van der Waals surface area (Å²) in [7, 11) is 1.82. The fourth-order valence-electron chi connectivity index (χ4n) is 3.63. The second kappa shape index (κ2) is 11.4. The quantitative estimate of drug-likeness (QED) is 0.359. The van der Waals surface area contributed by atoms with E-state index in [2.05, 4.69) is 78.0 Å². The maximum Gasteiger partial charge on any atom is 0.191 e. The van der Waals surface area contributed by atoms with E-state index in [-0.39, 0.29) is 30.1 Å². The number of halogens is 1. The lowest BCUT2D eigenvalue weighted by atomic mass is 9.89. The molecule has 2 N–H and O–H groups in total. The van der Waals surface area contributed by atoms with Crippen LogP contribution in [0.25, 0.3) is 0 Å². The van der Waals surface area contributed by atoms with Gasteiger partial charge >= 0.3 is 0 Å². The zero-order valence-corrected chi connectivity index (χ0v) is 19.4. The zero-order valence-electron chi connectivity index (χ0n) is 17.1. The highest BCUT2D eigenvalue weighted by Crippen LogP contribution is 2.33. The van der Waals surface area contributed by atoms with Gasteiger partial charge in [-0.1, -0.05) is 59.7 Å². The minimum atomic E-state index is 0. The molecule has 4 nitrogen and oxygen atoms in total. The van der Waals surface area contributed by atoms with E-state index in [1.165, 1.54) is 28.7 Å². The fraction of sp³-hybridized carbons (Fsp3) is 0.435. The summed E-state index contributed by atoms with van der Waals surface area (Å²) in [5.41, 5.74) is 5.09. The van der Waals surface area contributed by atoms with Crippen molar-refractivity contribution in [2.75, 3.05) is 20.2 Å². The molecule has 1 aliphatic rings. The van der Waals surface area contributed by atoms with Crippen molar-refractivity contribution in [3.63, 3.8) is 0 Å². The van der Waals surface area contributed by atoms with E-state index in [9.17, 15) is 0 Å². The van der Waals surface area contributed by atoms with Gasteiger partial charge in [0.05, 0.1) is 6.10 Å². The number of nitrogens with one attached hydrogen (secondary N) is 2. The summed E-state index contributed by atoms with van der Waals surface area (Å²) in [6.45, 7) is 6.70. The van der Waals surface area contributed by atoms with Crippen LogP contribution in [0.1, 0.15) is 41.2 Å². The van der Waals surface area contributed by atoms with Gasteiger partial charge in [-0.15, -0.1) is 24.0 Å². The molecule has 2 atom stereocenters. The molecule has 0 spiro atoms. The van der Waals surface area contributed by atoms with E-state index >= 15 is 0 Å². The van der Waals surface area contributed by atoms with Crippen molar-refractivity contribution in [3.05, 3.63) is 70.8 Å². The smallest absolute Gasteiger partial charge is 0.191 e. The molecule has 5 heteroatoms. The van der Waals surface area contributed by atoms with Crippen LogP contribution in [0.2, 0.25) is 0 Å². The van der Waals surface area contributed by atoms with Crippen molar-refractivity contribution >= 4 is 29.9 Å². The largest absolute Gasteiger partial charge is 0.373 e. The van der Waals surface area contributed by atoms with Crippen LogP contribution in [0.15, 0.2) is 53.5 Å². The third kappa shape index (κ3) is 6.48.